The highest BCUT2D eigenvalue weighted by molar-refractivity contribution is 5.25. The van der Waals surface area contributed by atoms with Crippen molar-refractivity contribution in [2.75, 3.05) is 13.6 Å². The van der Waals surface area contributed by atoms with Gasteiger partial charge in [0.05, 0.1) is 0 Å². The van der Waals surface area contributed by atoms with Gasteiger partial charge in [0.25, 0.3) is 0 Å². The Hall–Kier alpha value is -0.630. The highest BCUT2D eigenvalue weighted by Gasteiger charge is 2.05. The summed E-state index contributed by atoms with van der Waals surface area (Å²) >= 11 is 0. The van der Waals surface area contributed by atoms with Crippen molar-refractivity contribution in [3.05, 3.63) is 23.6 Å². The summed E-state index contributed by atoms with van der Waals surface area (Å²) in [5, 5.41) is 3.00. The summed E-state index contributed by atoms with van der Waals surface area (Å²) in [4.78, 5) is 0. The smallest absolute Gasteiger partial charge is 0.103 e. The number of nitrogens with one attached hydrogen (secondary N) is 1. The fourth-order valence-electron chi connectivity index (χ4n) is 1.17. The molecule has 0 aliphatic heterocycles. The zero-order valence-electron chi connectivity index (χ0n) is 6.86. The Morgan fingerprint density at radius 1 is 1.64 bits per heavy atom. The monoisotopic (exact) mass is 155 g/mol. The van der Waals surface area contributed by atoms with Gasteiger partial charge in [-0.05, 0) is 32.0 Å². The Morgan fingerprint density at radius 3 is 3.09 bits per heavy atom. The zero-order valence-corrected chi connectivity index (χ0v) is 6.86. The summed E-state index contributed by atoms with van der Waals surface area (Å²) in [7, 11) is 1.88. The third-order valence-corrected chi connectivity index (χ3v) is 1.84. The van der Waals surface area contributed by atoms with Gasteiger partial charge in [-0.15, -0.1) is 0 Å². The van der Waals surface area contributed by atoms with E-state index in [9.17, 15) is 4.39 Å². The van der Waals surface area contributed by atoms with E-state index >= 15 is 0 Å². The molecule has 0 radical (unpaired) electrons. The summed E-state index contributed by atoms with van der Waals surface area (Å²) in [6.07, 6.45) is 6.19. The lowest BCUT2D eigenvalue weighted by Gasteiger charge is -2.08. The van der Waals surface area contributed by atoms with Crippen molar-refractivity contribution in [2.24, 2.45) is 0 Å². The minimum absolute atomic E-state index is 0.0720. The van der Waals surface area contributed by atoms with E-state index in [2.05, 4.69) is 5.32 Å². The fraction of sp³-hybridized carbons (Fsp3) is 0.556. The van der Waals surface area contributed by atoms with E-state index < -0.39 is 0 Å². The van der Waals surface area contributed by atoms with Gasteiger partial charge in [-0.25, -0.2) is 4.39 Å². The second kappa shape index (κ2) is 4.29. The van der Waals surface area contributed by atoms with E-state index in [1.54, 1.807) is 0 Å². The molecule has 11 heavy (non-hydrogen) atoms. The summed E-state index contributed by atoms with van der Waals surface area (Å²) < 4.78 is 13.0. The highest BCUT2D eigenvalue weighted by atomic mass is 19.1. The van der Waals surface area contributed by atoms with Crippen LogP contribution < -0.4 is 5.32 Å². The standard InChI is InChI=1S/C9H14FN/c1-11-7-6-8-4-2-3-5-9(8)10/h2,4,11H,3,5-7H2,1H3. The Bertz CT molecular complexity index is 182. The molecule has 0 heterocycles. The minimum Gasteiger partial charge on any atom is -0.319 e. The quantitative estimate of drug-likeness (QED) is 0.658. The van der Waals surface area contributed by atoms with Gasteiger partial charge in [-0.1, -0.05) is 12.2 Å². The molecule has 0 aromatic carbocycles. The summed E-state index contributed by atoms with van der Waals surface area (Å²) in [6.45, 7) is 0.854. The molecule has 0 bridgehead atoms. The number of rotatable bonds is 3. The van der Waals surface area contributed by atoms with Crippen LogP contribution in [0.3, 0.4) is 0 Å². The van der Waals surface area contributed by atoms with Crippen molar-refractivity contribution in [3.8, 4) is 0 Å². The van der Waals surface area contributed by atoms with Crippen LogP contribution in [0.15, 0.2) is 23.6 Å². The summed E-state index contributed by atoms with van der Waals surface area (Å²) in [5.41, 5.74) is 0.866. The molecule has 0 aromatic rings. The largest absolute Gasteiger partial charge is 0.319 e. The first-order valence-electron chi connectivity index (χ1n) is 4.03. The maximum Gasteiger partial charge on any atom is 0.103 e. The third-order valence-electron chi connectivity index (χ3n) is 1.84. The second-order valence-electron chi connectivity index (χ2n) is 2.72. The van der Waals surface area contributed by atoms with Crippen LogP contribution in [0.2, 0.25) is 0 Å². The molecular formula is C9H14FN. The molecule has 0 saturated carbocycles. The van der Waals surface area contributed by atoms with Crippen LogP contribution >= 0.6 is 0 Å². The van der Waals surface area contributed by atoms with Gasteiger partial charge in [0.15, 0.2) is 0 Å². The van der Waals surface area contributed by atoms with E-state index in [0.717, 1.165) is 25.0 Å². The highest BCUT2D eigenvalue weighted by Crippen LogP contribution is 2.21. The molecule has 1 nitrogen and oxygen atoms in total. The Morgan fingerprint density at radius 2 is 2.45 bits per heavy atom. The average molecular weight is 155 g/mol. The number of hydrogen-bond acceptors (Lipinski definition) is 1. The molecular weight excluding hydrogens is 141 g/mol. The van der Waals surface area contributed by atoms with Crippen molar-refractivity contribution in [1.29, 1.82) is 0 Å². The third kappa shape index (κ3) is 2.46. The molecule has 1 N–H and O–H groups in total. The maximum atomic E-state index is 13.0. The molecule has 1 rings (SSSR count). The second-order valence-corrected chi connectivity index (χ2v) is 2.72. The zero-order chi connectivity index (χ0) is 8.10. The molecule has 62 valence electrons. The van der Waals surface area contributed by atoms with Crippen LogP contribution in [0.25, 0.3) is 0 Å². The SMILES string of the molecule is CNCCC1=C(F)CCC=C1. The molecule has 1 aliphatic carbocycles. The Balaban J connectivity index is 2.47. The van der Waals surface area contributed by atoms with E-state index in [-0.39, 0.29) is 5.83 Å². The van der Waals surface area contributed by atoms with Crippen molar-refractivity contribution >= 4 is 0 Å². The van der Waals surface area contributed by atoms with E-state index in [1.165, 1.54) is 0 Å². The molecule has 0 atom stereocenters. The molecule has 0 fully saturated rings. The molecule has 2 heteroatoms. The van der Waals surface area contributed by atoms with E-state index in [4.69, 9.17) is 0 Å². The van der Waals surface area contributed by atoms with Gasteiger partial charge in [-0.3, -0.25) is 0 Å². The Kier molecular flexibility index (Phi) is 3.30. The summed E-state index contributed by atoms with van der Waals surface area (Å²) in [6, 6.07) is 0. The predicted molar refractivity (Wildman–Crippen MR) is 45.1 cm³/mol. The topological polar surface area (TPSA) is 12.0 Å². The van der Waals surface area contributed by atoms with E-state index in [0.29, 0.717) is 6.42 Å². The maximum absolute atomic E-state index is 13.0. The van der Waals surface area contributed by atoms with Gasteiger partial charge in [0, 0.05) is 6.42 Å². The number of halogens is 1. The van der Waals surface area contributed by atoms with Crippen molar-refractivity contribution in [3.63, 3.8) is 0 Å². The minimum atomic E-state index is 0.0720. The lowest BCUT2D eigenvalue weighted by molar-refractivity contribution is 0.568. The van der Waals surface area contributed by atoms with Crippen LogP contribution in [0, 0.1) is 0 Å². The fourth-order valence-corrected chi connectivity index (χ4v) is 1.17. The first kappa shape index (κ1) is 8.47. The number of allylic oxidation sites excluding steroid dienone is 3. The van der Waals surface area contributed by atoms with E-state index in [1.807, 2.05) is 19.2 Å². The van der Waals surface area contributed by atoms with Crippen LogP contribution in [-0.2, 0) is 0 Å². The first-order valence-corrected chi connectivity index (χ1v) is 4.03. The van der Waals surface area contributed by atoms with Crippen molar-refractivity contribution in [1.82, 2.24) is 5.32 Å². The van der Waals surface area contributed by atoms with Crippen LogP contribution in [0.4, 0.5) is 4.39 Å². The summed E-state index contributed by atoms with van der Waals surface area (Å²) in [5.74, 6) is 0.0720. The van der Waals surface area contributed by atoms with Crippen molar-refractivity contribution in [2.45, 2.75) is 19.3 Å². The van der Waals surface area contributed by atoms with Gasteiger partial charge < -0.3 is 5.32 Å². The first-order chi connectivity index (χ1) is 5.34. The lowest BCUT2D eigenvalue weighted by Crippen LogP contribution is -2.08. The van der Waals surface area contributed by atoms with Gasteiger partial charge in [-0.2, -0.15) is 0 Å². The molecule has 1 aliphatic rings. The van der Waals surface area contributed by atoms with Crippen LogP contribution in [0.1, 0.15) is 19.3 Å². The molecule has 0 amide bonds. The average Bonchev–Trinajstić information content (AvgIpc) is 2.03. The molecule has 0 spiro atoms. The molecule has 0 saturated heterocycles. The van der Waals surface area contributed by atoms with Gasteiger partial charge in [0.1, 0.15) is 5.83 Å². The van der Waals surface area contributed by atoms with Gasteiger partial charge in [0.2, 0.25) is 0 Å². The Labute approximate surface area is 67.0 Å². The van der Waals surface area contributed by atoms with Crippen molar-refractivity contribution < 1.29 is 4.39 Å². The predicted octanol–water partition coefficient (Wildman–Crippen LogP) is 2.17. The van der Waals surface area contributed by atoms with Crippen LogP contribution in [-0.4, -0.2) is 13.6 Å². The number of hydrogen-bond donors (Lipinski definition) is 1. The molecule has 0 aromatic heterocycles. The van der Waals surface area contributed by atoms with Crippen LogP contribution in [0.5, 0.6) is 0 Å². The normalized spacial score (nSPS) is 17.6. The lowest BCUT2D eigenvalue weighted by atomic mass is 10.0. The molecule has 0 unspecified atom stereocenters. The van der Waals surface area contributed by atoms with Gasteiger partial charge >= 0.3 is 0 Å².